The number of ether oxygens (including phenoxy) is 1. The van der Waals surface area contributed by atoms with Gasteiger partial charge in [0.25, 0.3) is 0 Å². The van der Waals surface area contributed by atoms with E-state index in [4.69, 9.17) is 10.00 Å². The SMILES string of the molecule is COC(=O)[C@H]1C[C@H](C#N)[C@@H](c2ccccc2)N1. The highest BCUT2D eigenvalue weighted by Crippen LogP contribution is 2.32. The Labute approximate surface area is 100 Å². The van der Waals surface area contributed by atoms with Crippen LogP contribution in [0.25, 0.3) is 0 Å². The molecule has 0 saturated carbocycles. The molecule has 0 radical (unpaired) electrons. The molecule has 17 heavy (non-hydrogen) atoms. The average Bonchev–Trinajstić information content (AvgIpc) is 2.83. The van der Waals surface area contributed by atoms with Crippen molar-refractivity contribution in [2.45, 2.75) is 18.5 Å². The van der Waals surface area contributed by atoms with Crippen molar-refractivity contribution >= 4 is 5.97 Å². The van der Waals surface area contributed by atoms with Crippen LogP contribution in [0.3, 0.4) is 0 Å². The molecule has 4 heteroatoms. The monoisotopic (exact) mass is 230 g/mol. The lowest BCUT2D eigenvalue weighted by Gasteiger charge is -2.14. The summed E-state index contributed by atoms with van der Waals surface area (Å²) in [5.74, 6) is -0.495. The predicted molar refractivity (Wildman–Crippen MR) is 61.8 cm³/mol. The Balaban J connectivity index is 2.19. The van der Waals surface area contributed by atoms with E-state index in [1.807, 2.05) is 30.3 Å². The van der Waals surface area contributed by atoms with Crippen LogP contribution in [0.5, 0.6) is 0 Å². The summed E-state index contributed by atoms with van der Waals surface area (Å²) >= 11 is 0. The lowest BCUT2D eigenvalue weighted by molar-refractivity contribution is -0.142. The van der Waals surface area contributed by atoms with Crippen LogP contribution in [0.4, 0.5) is 0 Å². The van der Waals surface area contributed by atoms with Crippen LogP contribution in [0, 0.1) is 17.2 Å². The molecule has 1 heterocycles. The number of esters is 1. The molecular formula is C13H14N2O2. The van der Waals surface area contributed by atoms with E-state index in [-0.39, 0.29) is 24.0 Å². The van der Waals surface area contributed by atoms with Crippen LogP contribution in [0.15, 0.2) is 30.3 Å². The second kappa shape index (κ2) is 4.98. The maximum absolute atomic E-state index is 11.5. The van der Waals surface area contributed by atoms with E-state index < -0.39 is 0 Å². The van der Waals surface area contributed by atoms with E-state index >= 15 is 0 Å². The first kappa shape index (κ1) is 11.6. The molecule has 0 bridgehead atoms. The van der Waals surface area contributed by atoms with E-state index in [9.17, 15) is 4.79 Å². The van der Waals surface area contributed by atoms with Gasteiger partial charge in [0, 0.05) is 6.04 Å². The van der Waals surface area contributed by atoms with E-state index in [0.717, 1.165) is 5.56 Å². The first-order valence-electron chi connectivity index (χ1n) is 5.54. The summed E-state index contributed by atoms with van der Waals surface area (Å²) in [7, 11) is 1.36. The van der Waals surface area contributed by atoms with Gasteiger partial charge in [-0.15, -0.1) is 0 Å². The molecule has 4 nitrogen and oxygen atoms in total. The summed E-state index contributed by atoms with van der Waals surface area (Å²) < 4.78 is 4.70. The Morgan fingerprint density at radius 3 is 2.76 bits per heavy atom. The van der Waals surface area contributed by atoms with Crippen LogP contribution in [-0.4, -0.2) is 19.1 Å². The Morgan fingerprint density at radius 2 is 2.18 bits per heavy atom. The number of benzene rings is 1. The van der Waals surface area contributed by atoms with Gasteiger partial charge in [0.15, 0.2) is 0 Å². The molecule has 1 fully saturated rings. The van der Waals surface area contributed by atoms with Gasteiger partial charge in [-0.1, -0.05) is 30.3 Å². The van der Waals surface area contributed by atoms with Crippen LogP contribution < -0.4 is 5.32 Å². The molecule has 1 aliphatic rings. The van der Waals surface area contributed by atoms with Gasteiger partial charge in [0.2, 0.25) is 0 Å². The largest absolute Gasteiger partial charge is 0.468 e. The van der Waals surface area contributed by atoms with Crippen molar-refractivity contribution in [2.24, 2.45) is 5.92 Å². The molecule has 3 atom stereocenters. The van der Waals surface area contributed by atoms with Gasteiger partial charge in [-0.3, -0.25) is 10.1 Å². The van der Waals surface area contributed by atoms with Gasteiger partial charge in [-0.25, -0.2) is 0 Å². The number of nitriles is 1. The Hall–Kier alpha value is -1.86. The summed E-state index contributed by atoms with van der Waals surface area (Å²) in [5, 5.41) is 12.3. The van der Waals surface area contributed by atoms with Gasteiger partial charge in [0.1, 0.15) is 6.04 Å². The lowest BCUT2D eigenvalue weighted by Crippen LogP contribution is -2.33. The molecule has 0 spiro atoms. The van der Waals surface area contributed by atoms with Gasteiger partial charge in [-0.2, -0.15) is 5.26 Å². The second-order valence-corrected chi connectivity index (χ2v) is 4.10. The van der Waals surface area contributed by atoms with E-state index in [2.05, 4.69) is 11.4 Å². The fraction of sp³-hybridized carbons (Fsp3) is 0.385. The second-order valence-electron chi connectivity index (χ2n) is 4.10. The van der Waals surface area contributed by atoms with Crippen molar-refractivity contribution in [1.82, 2.24) is 5.32 Å². The van der Waals surface area contributed by atoms with Crippen LogP contribution in [0.1, 0.15) is 18.0 Å². The standard InChI is InChI=1S/C13H14N2O2/c1-17-13(16)11-7-10(8-14)12(15-11)9-5-3-2-4-6-9/h2-6,10-12,15H,7H2,1H3/t10-,11-,12-/m1/s1. The highest BCUT2D eigenvalue weighted by Gasteiger charge is 2.38. The van der Waals surface area contributed by atoms with Crippen LogP contribution >= 0.6 is 0 Å². The third kappa shape index (κ3) is 2.29. The van der Waals surface area contributed by atoms with Crippen molar-refractivity contribution in [2.75, 3.05) is 7.11 Å². The van der Waals surface area contributed by atoms with Crippen molar-refractivity contribution in [3.05, 3.63) is 35.9 Å². The molecule has 1 aliphatic heterocycles. The molecule has 2 rings (SSSR count). The fourth-order valence-corrected chi connectivity index (χ4v) is 2.21. The minimum Gasteiger partial charge on any atom is -0.468 e. The quantitative estimate of drug-likeness (QED) is 0.780. The van der Waals surface area contributed by atoms with Crippen molar-refractivity contribution in [3.8, 4) is 6.07 Å². The highest BCUT2D eigenvalue weighted by molar-refractivity contribution is 5.76. The van der Waals surface area contributed by atoms with Gasteiger partial charge in [-0.05, 0) is 12.0 Å². The number of nitrogens with one attached hydrogen (secondary N) is 1. The van der Waals surface area contributed by atoms with E-state index in [0.29, 0.717) is 6.42 Å². The molecule has 88 valence electrons. The Bertz CT molecular complexity index is 438. The zero-order valence-electron chi connectivity index (χ0n) is 9.59. The number of carbonyl (C=O) groups is 1. The van der Waals surface area contributed by atoms with E-state index in [1.54, 1.807) is 0 Å². The zero-order valence-corrected chi connectivity index (χ0v) is 9.59. The number of hydrogen-bond donors (Lipinski definition) is 1. The molecule has 0 aromatic heterocycles. The lowest BCUT2D eigenvalue weighted by atomic mass is 9.95. The molecule has 1 aromatic carbocycles. The first-order valence-corrected chi connectivity index (χ1v) is 5.54. The Kier molecular flexibility index (Phi) is 3.40. The van der Waals surface area contributed by atoms with Gasteiger partial charge < -0.3 is 4.74 Å². The Morgan fingerprint density at radius 1 is 1.47 bits per heavy atom. The fourth-order valence-electron chi connectivity index (χ4n) is 2.21. The molecule has 0 amide bonds. The maximum atomic E-state index is 11.5. The van der Waals surface area contributed by atoms with Crippen LogP contribution in [-0.2, 0) is 9.53 Å². The molecule has 1 aromatic rings. The molecular weight excluding hydrogens is 216 g/mol. The predicted octanol–water partition coefficient (Wildman–Crippen LogP) is 1.40. The smallest absolute Gasteiger partial charge is 0.322 e. The summed E-state index contributed by atoms with van der Waals surface area (Å²) in [4.78, 5) is 11.5. The maximum Gasteiger partial charge on any atom is 0.322 e. The summed E-state index contributed by atoms with van der Waals surface area (Å²) in [6.07, 6.45) is 0.503. The topological polar surface area (TPSA) is 62.1 Å². The number of nitrogens with zero attached hydrogens (tertiary/aromatic N) is 1. The van der Waals surface area contributed by atoms with Crippen LogP contribution in [0.2, 0.25) is 0 Å². The molecule has 1 saturated heterocycles. The zero-order chi connectivity index (χ0) is 12.3. The summed E-state index contributed by atoms with van der Waals surface area (Å²) in [5.41, 5.74) is 1.03. The first-order chi connectivity index (χ1) is 8.26. The summed E-state index contributed by atoms with van der Waals surface area (Å²) in [6.45, 7) is 0. The number of methoxy groups -OCH3 is 1. The van der Waals surface area contributed by atoms with Crippen molar-refractivity contribution in [1.29, 1.82) is 5.26 Å². The van der Waals surface area contributed by atoms with Crippen molar-refractivity contribution in [3.63, 3.8) is 0 Å². The highest BCUT2D eigenvalue weighted by atomic mass is 16.5. The molecule has 1 N–H and O–H groups in total. The number of hydrogen-bond acceptors (Lipinski definition) is 4. The number of rotatable bonds is 2. The molecule has 0 unspecified atom stereocenters. The normalized spacial score (nSPS) is 27.4. The minimum atomic E-state index is -0.380. The number of carbonyl (C=O) groups excluding carboxylic acids is 1. The van der Waals surface area contributed by atoms with Gasteiger partial charge in [0.05, 0.1) is 19.1 Å². The van der Waals surface area contributed by atoms with E-state index in [1.165, 1.54) is 7.11 Å². The third-order valence-electron chi connectivity index (χ3n) is 3.08. The molecule has 0 aliphatic carbocycles. The van der Waals surface area contributed by atoms with Gasteiger partial charge >= 0.3 is 5.97 Å². The minimum absolute atomic E-state index is 0.0923. The third-order valence-corrected chi connectivity index (χ3v) is 3.08. The average molecular weight is 230 g/mol. The van der Waals surface area contributed by atoms with Crippen molar-refractivity contribution < 1.29 is 9.53 Å². The summed E-state index contributed by atoms with van der Waals surface area (Å²) in [6, 6.07) is 11.5.